The fourth-order valence-corrected chi connectivity index (χ4v) is 2.31. The lowest BCUT2D eigenvalue weighted by molar-refractivity contribution is 0.389. The molecule has 1 aliphatic carbocycles. The first kappa shape index (κ1) is 11.7. The van der Waals surface area contributed by atoms with E-state index in [0.717, 1.165) is 40.8 Å². The Morgan fingerprint density at radius 3 is 2.50 bits per heavy atom. The summed E-state index contributed by atoms with van der Waals surface area (Å²) in [5, 5.41) is 0. The molecular formula is C12H16BrNO2. The zero-order valence-corrected chi connectivity index (χ0v) is 11.1. The van der Waals surface area contributed by atoms with Crippen LogP contribution < -0.4 is 15.2 Å². The highest BCUT2D eigenvalue weighted by Gasteiger charge is 2.39. The van der Waals surface area contributed by atoms with Gasteiger partial charge in [0.1, 0.15) is 11.5 Å². The van der Waals surface area contributed by atoms with Gasteiger partial charge in [-0.2, -0.15) is 0 Å². The van der Waals surface area contributed by atoms with Gasteiger partial charge in [0.05, 0.1) is 14.2 Å². The van der Waals surface area contributed by atoms with Crippen LogP contribution in [0, 0.1) is 0 Å². The quantitative estimate of drug-likeness (QED) is 0.925. The molecule has 1 saturated carbocycles. The van der Waals surface area contributed by atoms with Crippen molar-refractivity contribution in [3.63, 3.8) is 0 Å². The molecule has 0 spiro atoms. The summed E-state index contributed by atoms with van der Waals surface area (Å²) in [6, 6.07) is 3.84. The maximum absolute atomic E-state index is 6.13. The Bertz CT molecular complexity index is 402. The lowest BCUT2D eigenvalue weighted by Gasteiger charge is -2.15. The summed E-state index contributed by atoms with van der Waals surface area (Å²) >= 11 is 3.54. The van der Waals surface area contributed by atoms with Crippen LogP contribution in [0.5, 0.6) is 11.5 Å². The first-order valence-electron chi connectivity index (χ1n) is 5.27. The van der Waals surface area contributed by atoms with Gasteiger partial charge in [-0.25, -0.2) is 0 Å². The maximum atomic E-state index is 6.13. The van der Waals surface area contributed by atoms with Crippen LogP contribution in [0.3, 0.4) is 0 Å². The Morgan fingerprint density at radius 1 is 1.31 bits per heavy atom. The maximum Gasteiger partial charge on any atom is 0.126 e. The summed E-state index contributed by atoms with van der Waals surface area (Å²) in [5.41, 5.74) is 7.24. The second-order valence-corrected chi connectivity index (χ2v) is 5.18. The number of benzene rings is 1. The molecule has 0 saturated heterocycles. The van der Waals surface area contributed by atoms with Crippen molar-refractivity contribution in [1.29, 1.82) is 0 Å². The molecule has 1 aliphatic rings. The summed E-state index contributed by atoms with van der Waals surface area (Å²) in [6.07, 6.45) is 3.03. The van der Waals surface area contributed by atoms with Crippen LogP contribution in [0.4, 0.5) is 0 Å². The standard InChI is InChI=1S/C12H16BrNO2/c1-15-8-5-10(13)9(11(6-8)16-2)7-12(14)3-4-12/h5-6H,3-4,7,14H2,1-2H3. The Balaban J connectivity index is 2.34. The van der Waals surface area contributed by atoms with Crippen LogP contribution in [0.1, 0.15) is 18.4 Å². The molecule has 1 fully saturated rings. The molecule has 0 radical (unpaired) electrons. The Kier molecular flexibility index (Phi) is 3.13. The Morgan fingerprint density at radius 2 is 2.00 bits per heavy atom. The predicted octanol–water partition coefficient (Wildman–Crippen LogP) is 2.50. The fraction of sp³-hybridized carbons (Fsp3) is 0.500. The van der Waals surface area contributed by atoms with Gasteiger partial charge >= 0.3 is 0 Å². The third kappa shape index (κ3) is 2.33. The van der Waals surface area contributed by atoms with Crippen LogP contribution in [-0.2, 0) is 6.42 Å². The average Bonchev–Trinajstić information content (AvgIpc) is 2.99. The smallest absolute Gasteiger partial charge is 0.126 e. The molecule has 16 heavy (non-hydrogen) atoms. The number of rotatable bonds is 4. The molecule has 1 aromatic carbocycles. The fourth-order valence-electron chi connectivity index (χ4n) is 1.75. The van der Waals surface area contributed by atoms with E-state index in [0.29, 0.717) is 0 Å². The summed E-state index contributed by atoms with van der Waals surface area (Å²) in [5.74, 6) is 1.62. The molecule has 88 valence electrons. The van der Waals surface area contributed by atoms with Crippen molar-refractivity contribution in [1.82, 2.24) is 0 Å². The van der Waals surface area contributed by atoms with Crippen molar-refractivity contribution in [2.24, 2.45) is 5.73 Å². The monoisotopic (exact) mass is 285 g/mol. The van der Waals surface area contributed by atoms with Crippen molar-refractivity contribution in [3.05, 3.63) is 22.2 Å². The summed E-state index contributed by atoms with van der Waals surface area (Å²) in [6.45, 7) is 0. The number of methoxy groups -OCH3 is 2. The minimum absolute atomic E-state index is 0.0234. The molecule has 0 aliphatic heterocycles. The van der Waals surface area contributed by atoms with Gasteiger partial charge in [0.25, 0.3) is 0 Å². The second-order valence-electron chi connectivity index (χ2n) is 4.33. The van der Waals surface area contributed by atoms with Crippen molar-refractivity contribution >= 4 is 15.9 Å². The first-order chi connectivity index (χ1) is 7.58. The zero-order valence-electron chi connectivity index (χ0n) is 9.55. The van der Waals surface area contributed by atoms with Gasteiger partial charge in [0.2, 0.25) is 0 Å². The van der Waals surface area contributed by atoms with Gasteiger partial charge in [-0.3, -0.25) is 0 Å². The van der Waals surface area contributed by atoms with Crippen molar-refractivity contribution < 1.29 is 9.47 Å². The molecule has 1 aromatic rings. The highest BCUT2D eigenvalue weighted by atomic mass is 79.9. The molecule has 0 bridgehead atoms. The van der Waals surface area contributed by atoms with Crippen molar-refractivity contribution in [2.75, 3.05) is 14.2 Å². The van der Waals surface area contributed by atoms with E-state index in [2.05, 4.69) is 15.9 Å². The van der Waals surface area contributed by atoms with E-state index in [1.54, 1.807) is 14.2 Å². The second kappa shape index (κ2) is 4.26. The van der Waals surface area contributed by atoms with Crippen LogP contribution in [-0.4, -0.2) is 19.8 Å². The van der Waals surface area contributed by atoms with Crippen molar-refractivity contribution in [3.8, 4) is 11.5 Å². The molecule has 2 N–H and O–H groups in total. The minimum Gasteiger partial charge on any atom is -0.497 e. The number of nitrogens with two attached hydrogens (primary N) is 1. The third-order valence-corrected chi connectivity index (χ3v) is 3.71. The van der Waals surface area contributed by atoms with E-state index in [-0.39, 0.29) is 5.54 Å². The normalized spacial score (nSPS) is 17.0. The lowest BCUT2D eigenvalue weighted by atomic mass is 10.0. The van der Waals surface area contributed by atoms with E-state index < -0.39 is 0 Å². The minimum atomic E-state index is -0.0234. The summed E-state index contributed by atoms with van der Waals surface area (Å²) in [7, 11) is 3.31. The first-order valence-corrected chi connectivity index (χ1v) is 6.06. The highest BCUT2D eigenvalue weighted by molar-refractivity contribution is 9.10. The number of hydrogen-bond acceptors (Lipinski definition) is 3. The molecule has 0 amide bonds. The molecule has 4 heteroatoms. The van der Waals surface area contributed by atoms with Gasteiger partial charge in [-0.1, -0.05) is 15.9 Å². The zero-order chi connectivity index (χ0) is 11.8. The highest BCUT2D eigenvalue weighted by Crippen LogP contribution is 2.41. The van der Waals surface area contributed by atoms with Gasteiger partial charge < -0.3 is 15.2 Å². The molecular weight excluding hydrogens is 270 g/mol. The SMILES string of the molecule is COc1cc(Br)c(CC2(N)CC2)c(OC)c1. The van der Waals surface area contributed by atoms with Gasteiger partial charge in [0, 0.05) is 21.6 Å². The van der Waals surface area contributed by atoms with E-state index in [1.807, 2.05) is 12.1 Å². The van der Waals surface area contributed by atoms with E-state index in [1.165, 1.54) is 0 Å². The molecule has 0 aromatic heterocycles. The van der Waals surface area contributed by atoms with Gasteiger partial charge in [0.15, 0.2) is 0 Å². The number of hydrogen-bond donors (Lipinski definition) is 1. The van der Waals surface area contributed by atoms with Gasteiger partial charge in [-0.05, 0) is 25.3 Å². The summed E-state index contributed by atoms with van der Waals surface area (Å²) in [4.78, 5) is 0. The Labute approximate surface area is 104 Å². The third-order valence-electron chi connectivity index (χ3n) is 3.00. The average molecular weight is 286 g/mol. The van der Waals surface area contributed by atoms with E-state index in [4.69, 9.17) is 15.2 Å². The Hall–Kier alpha value is -0.740. The van der Waals surface area contributed by atoms with Crippen LogP contribution in [0.2, 0.25) is 0 Å². The van der Waals surface area contributed by atoms with Crippen molar-refractivity contribution in [2.45, 2.75) is 24.8 Å². The molecule has 0 atom stereocenters. The molecule has 0 heterocycles. The topological polar surface area (TPSA) is 44.5 Å². The predicted molar refractivity (Wildman–Crippen MR) is 67.1 cm³/mol. The number of halogens is 1. The van der Waals surface area contributed by atoms with E-state index >= 15 is 0 Å². The molecule has 2 rings (SSSR count). The largest absolute Gasteiger partial charge is 0.497 e. The summed E-state index contributed by atoms with van der Waals surface area (Å²) < 4.78 is 11.6. The number of ether oxygens (including phenoxy) is 2. The lowest BCUT2D eigenvalue weighted by Crippen LogP contribution is -2.25. The molecule has 0 unspecified atom stereocenters. The van der Waals surface area contributed by atoms with Crippen LogP contribution in [0.15, 0.2) is 16.6 Å². The molecule has 3 nitrogen and oxygen atoms in total. The van der Waals surface area contributed by atoms with Gasteiger partial charge in [-0.15, -0.1) is 0 Å². The van der Waals surface area contributed by atoms with Crippen LogP contribution >= 0.6 is 15.9 Å². The van der Waals surface area contributed by atoms with E-state index in [9.17, 15) is 0 Å². The van der Waals surface area contributed by atoms with Crippen LogP contribution in [0.25, 0.3) is 0 Å².